The lowest BCUT2D eigenvalue weighted by atomic mass is 10.2. The first-order valence-electron chi connectivity index (χ1n) is 6.30. The minimum atomic E-state index is -0.0340. The Morgan fingerprint density at radius 2 is 1.95 bits per heavy atom. The Hall–Kier alpha value is -1.01. The van der Waals surface area contributed by atoms with Crippen molar-refractivity contribution in [2.75, 3.05) is 5.32 Å². The van der Waals surface area contributed by atoms with Crippen LogP contribution in [0.15, 0.2) is 47.4 Å². The topological polar surface area (TPSA) is 29.1 Å². The predicted molar refractivity (Wildman–Crippen MR) is 94.2 cm³/mol. The number of carbonyl (C=O) groups excluding carboxylic acids is 1. The van der Waals surface area contributed by atoms with Crippen molar-refractivity contribution in [1.82, 2.24) is 0 Å². The van der Waals surface area contributed by atoms with Crippen molar-refractivity contribution < 1.29 is 4.79 Å². The summed E-state index contributed by atoms with van der Waals surface area (Å²) in [5.41, 5.74) is 3.41. The second-order valence-corrected chi connectivity index (χ2v) is 6.75. The third-order valence-electron chi connectivity index (χ3n) is 2.74. The fourth-order valence-electron chi connectivity index (χ4n) is 1.86. The van der Waals surface area contributed by atoms with Crippen LogP contribution in [0.2, 0.25) is 0 Å². The molecule has 0 radical (unpaired) electrons. The molecule has 0 aromatic heterocycles. The molecule has 104 valence electrons. The Morgan fingerprint density at radius 1 is 1.25 bits per heavy atom. The molecular formula is C16H16INOS. The van der Waals surface area contributed by atoms with Gasteiger partial charge in [0.1, 0.15) is 0 Å². The summed E-state index contributed by atoms with van der Waals surface area (Å²) < 4.78 is 1.08. The molecule has 0 spiro atoms. The van der Waals surface area contributed by atoms with E-state index in [0.717, 1.165) is 19.9 Å². The molecule has 1 N–H and O–H groups in total. The van der Waals surface area contributed by atoms with Crippen LogP contribution in [0, 0.1) is 10.5 Å². The normalized spacial score (nSPS) is 10.3. The second-order valence-electron chi connectivity index (χ2n) is 4.58. The smallest absolute Gasteiger partial charge is 0.221 e. The maximum Gasteiger partial charge on any atom is 0.221 e. The minimum Gasteiger partial charge on any atom is -0.324 e. The highest BCUT2D eigenvalue weighted by Gasteiger charge is 2.10. The first-order valence-corrected chi connectivity index (χ1v) is 8.37. The molecule has 2 rings (SSSR count). The van der Waals surface area contributed by atoms with Crippen molar-refractivity contribution in [3.63, 3.8) is 0 Å². The van der Waals surface area contributed by atoms with Gasteiger partial charge in [0.05, 0.1) is 5.69 Å². The third kappa shape index (κ3) is 4.24. The summed E-state index contributed by atoms with van der Waals surface area (Å²) in [7, 11) is 0. The fraction of sp³-hybridized carbons (Fsp3) is 0.188. The van der Waals surface area contributed by atoms with Crippen molar-refractivity contribution in [3.8, 4) is 0 Å². The number of anilines is 1. The van der Waals surface area contributed by atoms with Crippen LogP contribution in [0.5, 0.6) is 0 Å². The van der Waals surface area contributed by atoms with Crippen LogP contribution >= 0.6 is 34.4 Å². The van der Waals surface area contributed by atoms with E-state index in [1.54, 1.807) is 18.7 Å². The van der Waals surface area contributed by atoms with Gasteiger partial charge in [0.25, 0.3) is 0 Å². The summed E-state index contributed by atoms with van der Waals surface area (Å²) in [5, 5.41) is 2.94. The molecule has 0 saturated carbocycles. The Balaban J connectivity index is 2.23. The monoisotopic (exact) mass is 397 g/mol. The molecule has 2 nitrogen and oxygen atoms in total. The molecule has 0 aliphatic heterocycles. The van der Waals surface area contributed by atoms with Gasteiger partial charge < -0.3 is 5.32 Å². The number of hydrogen-bond donors (Lipinski definition) is 1. The van der Waals surface area contributed by atoms with Gasteiger partial charge in [-0.25, -0.2) is 0 Å². The molecule has 2 aromatic carbocycles. The number of rotatable bonds is 4. The second kappa shape index (κ2) is 7.13. The summed E-state index contributed by atoms with van der Waals surface area (Å²) in [6.45, 7) is 3.62. The fourth-order valence-corrected chi connectivity index (χ4v) is 4.05. The number of aryl methyl sites for hydroxylation is 1. The molecule has 0 fully saturated rings. The Labute approximate surface area is 137 Å². The summed E-state index contributed by atoms with van der Waals surface area (Å²) in [4.78, 5) is 12.5. The SMILES string of the molecule is CC(=O)Nc1c(I)cc(C)cc1SCc1ccccc1. The molecule has 1 amide bonds. The molecule has 0 bridgehead atoms. The van der Waals surface area contributed by atoms with E-state index in [4.69, 9.17) is 0 Å². The van der Waals surface area contributed by atoms with Crippen molar-refractivity contribution in [2.24, 2.45) is 0 Å². The van der Waals surface area contributed by atoms with Gasteiger partial charge in [-0.05, 0) is 52.8 Å². The van der Waals surface area contributed by atoms with Crippen molar-refractivity contribution >= 4 is 45.9 Å². The lowest BCUT2D eigenvalue weighted by molar-refractivity contribution is -0.114. The Kier molecular flexibility index (Phi) is 5.48. The zero-order valence-corrected chi connectivity index (χ0v) is 14.4. The lowest BCUT2D eigenvalue weighted by Gasteiger charge is -2.13. The Morgan fingerprint density at radius 3 is 2.60 bits per heavy atom. The van der Waals surface area contributed by atoms with Crippen molar-refractivity contribution in [1.29, 1.82) is 0 Å². The third-order valence-corrected chi connectivity index (χ3v) is 4.70. The summed E-state index contributed by atoms with van der Waals surface area (Å²) in [6.07, 6.45) is 0. The van der Waals surface area contributed by atoms with E-state index in [1.807, 2.05) is 18.2 Å². The number of benzene rings is 2. The van der Waals surface area contributed by atoms with E-state index >= 15 is 0 Å². The quantitative estimate of drug-likeness (QED) is 0.590. The van der Waals surface area contributed by atoms with E-state index in [1.165, 1.54) is 11.1 Å². The number of hydrogen-bond acceptors (Lipinski definition) is 2. The van der Waals surface area contributed by atoms with Gasteiger partial charge in [-0.15, -0.1) is 11.8 Å². The predicted octanol–water partition coefficient (Wildman–Crippen LogP) is 4.85. The number of thioether (sulfide) groups is 1. The van der Waals surface area contributed by atoms with Gasteiger partial charge in [-0.3, -0.25) is 4.79 Å². The maximum atomic E-state index is 11.4. The van der Waals surface area contributed by atoms with Crippen LogP contribution in [-0.2, 0) is 10.5 Å². The Bertz CT molecular complexity index is 613. The molecule has 0 saturated heterocycles. The van der Waals surface area contributed by atoms with Crippen LogP contribution in [0.3, 0.4) is 0 Å². The highest BCUT2D eigenvalue weighted by atomic mass is 127. The number of nitrogens with one attached hydrogen (secondary N) is 1. The minimum absolute atomic E-state index is 0.0340. The van der Waals surface area contributed by atoms with Gasteiger partial charge in [0, 0.05) is 21.1 Å². The van der Waals surface area contributed by atoms with E-state index in [9.17, 15) is 4.79 Å². The van der Waals surface area contributed by atoms with E-state index in [-0.39, 0.29) is 5.91 Å². The maximum absolute atomic E-state index is 11.4. The van der Waals surface area contributed by atoms with Gasteiger partial charge in [0.15, 0.2) is 0 Å². The largest absolute Gasteiger partial charge is 0.324 e. The first kappa shape index (κ1) is 15.4. The van der Waals surface area contributed by atoms with Gasteiger partial charge >= 0.3 is 0 Å². The summed E-state index contributed by atoms with van der Waals surface area (Å²) >= 11 is 4.02. The zero-order valence-electron chi connectivity index (χ0n) is 11.4. The number of halogens is 1. The molecule has 20 heavy (non-hydrogen) atoms. The first-order chi connectivity index (χ1) is 9.56. The molecule has 2 aromatic rings. The molecule has 0 atom stereocenters. The highest BCUT2D eigenvalue weighted by molar-refractivity contribution is 14.1. The van der Waals surface area contributed by atoms with Crippen molar-refractivity contribution in [3.05, 3.63) is 57.2 Å². The molecular weight excluding hydrogens is 381 g/mol. The molecule has 0 aliphatic rings. The van der Waals surface area contributed by atoms with Crippen LogP contribution in [-0.4, -0.2) is 5.91 Å². The van der Waals surface area contributed by atoms with Crippen molar-refractivity contribution in [2.45, 2.75) is 24.5 Å². The van der Waals surface area contributed by atoms with Crippen LogP contribution in [0.25, 0.3) is 0 Å². The number of carbonyl (C=O) groups is 1. The van der Waals surface area contributed by atoms with E-state index < -0.39 is 0 Å². The highest BCUT2D eigenvalue weighted by Crippen LogP contribution is 2.34. The summed E-state index contributed by atoms with van der Waals surface area (Å²) in [6, 6.07) is 14.6. The number of amides is 1. The van der Waals surface area contributed by atoms with Gasteiger partial charge in [-0.2, -0.15) is 0 Å². The van der Waals surface area contributed by atoms with Crippen LogP contribution < -0.4 is 5.32 Å². The van der Waals surface area contributed by atoms with Gasteiger partial charge in [-0.1, -0.05) is 30.3 Å². The standard InChI is InChI=1S/C16H16INOS/c1-11-8-14(17)16(18-12(2)19)15(9-11)20-10-13-6-4-3-5-7-13/h3-9H,10H2,1-2H3,(H,18,19). The molecule has 0 unspecified atom stereocenters. The average molecular weight is 397 g/mol. The summed E-state index contributed by atoms with van der Waals surface area (Å²) in [5.74, 6) is 0.862. The van der Waals surface area contributed by atoms with Crippen LogP contribution in [0.1, 0.15) is 18.1 Å². The molecule has 0 aliphatic carbocycles. The van der Waals surface area contributed by atoms with Crippen LogP contribution in [0.4, 0.5) is 5.69 Å². The van der Waals surface area contributed by atoms with E-state index in [0.29, 0.717) is 0 Å². The van der Waals surface area contributed by atoms with E-state index in [2.05, 4.69) is 59.1 Å². The lowest BCUT2D eigenvalue weighted by Crippen LogP contribution is -2.08. The molecule has 4 heteroatoms. The van der Waals surface area contributed by atoms with Gasteiger partial charge in [0.2, 0.25) is 5.91 Å². The average Bonchev–Trinajstić information content (AvgIpc) is 2.40. The zero-order chi connectivity index (χ0) is 14.5. The molecule has 0 heterocycles.